The van der Waals surface area contributed by atoms with E-state index in [9.17, 15) is 0 Å². The number of rotatable bonds is 0. The molecule has 0 heterocycles. The Labute approximate surface area is 54.3 Å². The van der Waals surface area contributed by atoms with Gasteiger partial charge in [0, 0.05) is 12.8 Å². The van der Waals surface area contributed by atoms with E-state index >= 15 is 0 Å². The van der Waals surface area contributed by atoms with E-state index in [1.54, 1.807) is 0 Å². The third-order valence-corrected chi connectivity index (χ3v) is 0.479. The molecule has 0 aromatic heterocycles. The largest absolute Gasteiger partial charge is 0.104 e. The fourth-order valence-corrected chi connectivity index (χ4v) is 0.250. The summed E-state index contributed by atoms with van der Waals surface area (Å²) in [6, 6.07) is 0. The van der Waals surface area contributed by atoms with Crippen LogP contribution in [0.5, 0.6) is 0 Å². The summed E-state index contributed by atoms with van der Waals surface area (Å²) in [4.78, 5) is 0. The molecule has 0 atom stereocenters. The highest BCUT2D eigenvalue weighted by Crippen LogP contribution is 1.69. The fraction of sp³-hybridized carbons (Fsp3) is 0.750. The van der Waals surface area contributed by atoms with Gasteiger partial charge in [-0.2, -0.15) is 0 Å². The molecule has 0 aromatic carbocycles. The lowest BCUT2D eigenvalue weighted by atomic mass is 10.4. The first-order valence-electron chi connectivity index (χ1n) is 2.37. The summed E-state index contributed by atoms with van der Waals surface area (Å²) < 4.78 is 0. The van der Waals surface area contributed by atoms with Gasteiger partial charge in [-0.15, -0.1) is 11.8 Å². The van der Waals surface area contributed by atoms with Crippen LogP contribution in [0.3, 0.4) is 0 Å². The maximum atomic E-state index is 2.95. The molecule has 8 heavy (non-hydrogen) atoms. The van der Waals surface area contributed by atoms with E-state index in [1.807, 2.05) is 0 Å². The molecule has 0 radical (unpaired) electrons. The first-order valence-corrected chi connectivity index (χ1v) is 2.37. The topological polar surface area (TPSA) is 0 Å². The molecule has 0 nitrogen and oxygen atoms in total. The standard InChI is InChI=1S/C6H10.2CH4/c1-3-5-6-4-2;;/h3-4H2,1-2H3;2*1H4. The van der Waals surface area contributed by atoms with Gasteiger partial charge in [-0.25, -0.2) is 0 Å². The van der Waals surface area contributed by atoms with Gasteiger partial charge in [-0.1, -0.05) is 28.7 Å². The molecule has 0 unspecified atom stereocenters. The molecule has 0 fully saturated rings. The number of hydrogen-bond acceptors (Lipinski definition) is 0. The van der Waals surface area contributed by atoms with Gasteiger partial charge < -0.3 is 0 Å². The van der Waals surface area contributed by atoms with Gasteiger partial charge in [0.15, 0.2) is 0 Å². The summed E-state index contributed by atoms with van der Waals surface area (Å²) in [6.45, 7) is 4.12. The Morgan fingerprint density at radius 1 is 0.875 bits per heavy atom. The summed E-state index contributed by atoms with van der Waals surface area (Å²) in [5, 5.41) is 0. The quantitative estimate of drug-likeness (QED) is 0.424. The highest BCUT2D eigenvalue weighted by molar-refractivity contribution is 4.96. The van der Waals surface area contributed by atoms with E-state index in [0.717, 1.165) is 12.8 Å². The summed E-state index contributed by atoms with van der Waals surface area (Å²) in [7, 11) is 0. The van der Waals surface area contributed by atoms with Crippen molar-refractivity contribution in [2.45, 2.75) is 41.5 Å². The van der Waals surface area contributed by atoms with E-state index < -0.39 is 0 Å². The highest BCUT2D eigenvalue weighted by Gasteiger charge is 1.56. The first kappa shape index (κ1) is 15.6. The van der Waals surface area contributed by atoms with Gasteiger partial charge in [-0.05, 0) is 0 Å². The van der Waals surface area contributed by atoms with Crippen LogP contribution >= 0.6 is 0 Å². The van der Waals surface area contributed by atoms with Gasteiger partial charge in [0.1, 0.15) is 0 Å². The van der Waals surface area contributed by atoms with Crippen molar-refractivity contribution < 1.29 is 0 Å². The SMILES string of the molecule is C.C.CCC#CCC. The molecule has 0 aromatic rings. The van der Waals surface area contributed by atoms with E-state index in [-0.39, 0.29) is 14.9 Å². The minimum Gasteiger partial charge on any atom is -0.104 e. The second kappa shape index (κ2) is 16.0. The zero-order chi connectivity index (χ0) is 4.83. The zero-order valence-electron chi connectivity index (χ0n) is 4.41. The van der Waals surface area contributed by atoms with E-state index in [2.05, 4.69) is 25.7 Å². The lowest BCUT2D eigenvalue weighted by molar-refractivity contribution is 1.23. The molecular formula is C8H18. The molecule has 0 amide bonds. The Morgan fingerprint density at radius 2 is 1.12 bits per heavy atom. The van der Waals surface area contributed by atoms with Crippen molar-refractivity contribution in [1.82, 2.24) is 0 Å². The van der Waals surface area contributed by atoms with Gasteiger partial charge >= 0.3 is 0 Å². The molecule has 0 bridgehead atoms. The maximum Gasteiger partial charge on any atom is 0.00602 e. The average Bonchev–Trinajstić information content (AvgIpc) is 1.61. The smallest absolute Gasteiger partial charge is 0.00602 e. The average molecular weight is 114 g/mol. The van der Waals surface area contributed by atoms with Gasteiger partial charge in [0.25, 0.3) is 0 Å². The van der Waals surface area contributed by atoms with Crippen molar-refractivity contribution in [2.75, 3.05) is 0 Å². The summed E-state index contributed by atoms with van der Waals surface area (Å²) in [5.41, 5.74) is 0. The van der Waals surface area contributed by atoms with Crippen molar-refractivity contribution >= 4 is 0 Å². The molecular weight excluding hydrogens is 96.1 g/mol. The summed E-state index contributed by atoms with van der Waals surface area (Å²) >= 11 is 0. The normalized spacial score (nSPS) is 4.75. The van der Waals surface area contributed by atoms with Crippen molar-refractivity contribution in [1.29, 1.82) is 0 Å². The molecule has 0 heteroatoms. The van der Waals surface area contributed by atoms with Crippen LogP contribution in [0.25, 0.3) is 0 Å². The Kier molecular flexibility index (Phi) is 31.3. The van der Waals surface area contributed by atoms with Gasteiger partial charge in [0.05, 0.1) is 0 Å². The molecule has 0 aliphatic carbocycles. The van der Waals surface area contributed by atoms with Crippen LogP contribution in [0, 0.1) is 11.8 Å². The van der Waals surface area contributed by atoms with Crippen LogP contribution < -0.4 is 0 Å². The molecule has 0 N–H and O–H groups in total. The monoisotopic (exact) mass is 114 g/mol. The minimum atomic E-state index is 0. The third kappa shape index (κ3) is 17.6. The van der Waals surface area contributed by atoms with Crippen molar-refractivity contribution in [3.63, 3.8) is 0 Å². The van der Waals surface area contributed by atoms with Crippen LogP contribution in [0.1, 0.15) is 41.5 Å². The molecule has 0 rings (SSSR count). The summed E-state index contributed by atoms with van der Waals surface area (Å²) in [6.07, 6.45) is 1.99. The van der Waals surface area contributed by atoms with Crippen molar-refractivity contribution in [3.8, 4) is 11.8 Å². The van der Waals surface area contributed by atoms with Crippen LogP contribution in [0.2, 0.25) is 0 Å². The van der Waals surface area contributed by atoms with E-state index in [0.29, 0.717) is 0 Å². The fourth-order valence-electron chi connectivity index (χ4n) is 0.250. The second-order valence-electron chi connectivity index (χ2n) is 1.06. The van der Waals surface area contributed by atoms with Crippen molar-refractivity contribution in [3.05, 3.63) is 0 Å². The lowest BCUT2D eigenvalue weighted by Gasteiger charge is -1.65. The van der Waals surface area contributed by atoms with Crippen LogP contribution in [0.4, 0.5) is 0 Å². The molecule has 0 aliphatic rings. The summed E-state index contributed by atoms with van der Waals surface area (Å²) in [5.74, 6) is 5.90. The molecule has 0 aliphatic heterocycles. The van der Waals surface area contributed by atoms with E-state index in [1.165, 1.54) is 0 Å². The minimum absolute atomic E-state index is 0. The molecule has 0 saturated heterocycles. The lowest BCUT2D eigenvalue weighted by Crippen LogP contribution is -1.52. The highest BCUT2D eigenvalue weighted by atomic mass is 13.6. The Morgan fingerprint density at radius 3 is 1.25 bits per heavy atom. The first-order chi connectivity index (χ1) is 2.91. The number of hydrogen-bond donors (Lipinski definition) is 0. The second-order valence-corrected chi connectivity index (χ2v) is 1.06. The predicted octanol–water partition coefficient (Wildman–Crippen LogP) is 3.08. The molecule has 0 saturated carbocycles. The Balaban J connectivity index is -0.000000125. The Hall–Kier alpha value is -0.440. The zero-order valence-corrected chi connectivity index (χ0v) is 4.41. The van der Waals surface area contributed by atoms with Gasteiger partial charge in [-0.3, -0.25) is 0 Å². The Bertz CT molecular complexity index is 53.8. The van der Waals surface area contributed by atoms with E-state index in [4.69, 9.17) is 0 Å². The van der Waals surface area contributed by atoms with Gasteiger partial charge in [0.2, 0.25) is 0 Å². The maximum absolute atomic E-state index is 2.95. The third-order valence-electron chi connectivity index (χ3n) is 0.479. The van der Waals surface area contributed by atoms with Crippen LogP contribution in [-0.2, 0) is 0 Å². The van der Waals surface area contributed by atoms with Crippen LogP contribution in [0.15, 0.2) is 0 Å². The van der Waals surface area contributed by atoms with Crippen LogP contribution in [-0.4, -0.2) is 0 Å². The molecule has 50 valence electrons. The predicted molar refractivity (Wildman–Crippen MR) is 41.8 cm³/mol. The van der Waals surface area contributed by atoms with Crippen molar-refractivity contribution in [2.24, 2.45) is 0 Å². The molecule has 0 spiro atoms.